The van der Waals surface area contributed by atoms with Gasteiger partial charge in [0.1, 0.15) is 0 Å². The van der Waals surface area contributed by atoms with Crippen LogP contribution in [-0.4, -0.2) is 15.3 Å². The van der Waals surface area contributed by atoms with E-state index in [2.05, 4.69) is 38.0 Å². The molecule has 80 valence electrons. The van der Waals surface area contributed by atoms with Crippen LogP contribution >= 0.6 is 32.9 Å². The zero-order valence-electron chi connectivity index (χ0n) is 8.19. The van der Waals surface area contributed by atoms with E-state index in [-0.39, 0.29) is 17.0 Å². The molecule has 0 saturated heterocycles. The van der Waals surface area contributed by atoms with E-state index in [1.165, 1.54) is 5.56 Å². The summed E-state index contributed by atoms with van der Waals surface area (Å²) in [6, 6.07) is 6.27. The Balaban J connectivity index is 0.00000112. The van der Waals surface area contributed by atoms with E-state index in [1.54, 1.807) is 12.4 Å². The van der Waals surface area contributed by atoms with Crippen molar-refractivity contribution in [2.45, 2.75) is 12.8 Å². The number of aromatic nitrogens is 2. The van der Waals surface area contributed by atoms with Crippen molar-refractivity contribution in [3.05, 3.63) is 36.2 Å². The van der Waals surface area contributed by atoms with Crippen molar-refractivity contribution in [1.29, 1.82) is 0 Å². The quantitative estimate of drug-likeness (QED) is 0.804. The van der Waals surface area contributed by atoms with E-state index in [9.17, 15) is 0 Å². The number of benzene rings is 1. The standard InChI is InChI=1S/C11H11BrN2.BrH/c12-5-1-2-9-3-4-10-11(8-9)14-7-6-13-10;/h3-4,6-8H,1-2,5H2;1H. The lowest BCUT2D eigenvalue weighted by Gasteiger charge is -2.00. The normalized spacial score (nSPS) is 9.93. The van der Waals surface area contributed by atoms with Crippen LogP contribution in [0, 0.1) is 0 Å². The first kappa shape index (κ1) is 12.6. The number of halogens is 2. The molecule has 1 heterocycles. The Hall–Kier alpha value is -0.480. The van der Waals surface area contributed by atoms with Crippen LogP contribution in [0.5, 0.6) is 0 Å². The number of fused-ring (bicyclic) bond motifs is 1. The fourth-order valence-electron chi connectivity index (χ4n) is 1.44. The highest BCUT2D eigenvalue weighted by molar-refractivity contribution is 9.09. The monoisotopic (exact) mass is 330 g/mol. The van der Waals surface area contributed by atoms with E-state index in [0.717, 1.165) is 29.2 Å². The summed E-state index contributed by atoms with van der Waals surface area (Å²) in [4.78, 5) is 8.51. The summed E-state index contributed by atoms with van der Waals surface area (Å²) in [5, 5.41) is 1.05. The van der Waals surface area contributed by atoms with Gasteiger partial charge in [-0.2, -0.15) is 0 Å². The van der Waals surface area contributed by atoms with Crippen LogP contribution in [0.1, 0.15) is 12.0 Å². The summed E-state index contributed by atoms with van der Waals surface area (Å²) >= 11 is 3.43. The summed E-state index contributed by atoms with van der Waals surface area (Å²) < 4.78 is 0. The largest absolute Gasteiger partial charge is 0.253 e. The number of nitrogens with zero attached hydrogens (tertiary/aromatic N) is 2. The molecule has 15 heavy (non-hydrogen) atoms. The number of hydrogen-bond donors (Lipinski definition) is 0. The predicted octanol–water partition coefficient (Wildman–Crippen LogP) is 3.54. The number of rotatable bonds is 3. The fraction of sp³-hybridized carbons (Fsp3) is 0.273. The zero-order valence-corrected chi connectivity index (χ0v) is 11.5. The molecule has 0 saturated carbocycles. The van der Waals surface area contributed by atoms with Crippen molar-refractivity contribution in [1.82, 2.24) is 9.97 Å². The molecule has 0 N–H and O–H groups in total. The van der Waals surface area contributed by atoms with Crippen LogP contribution in [0.15, 0.2) is 30.6 Å². The molecule has 0 spiro atoms. The lowest BCUT2D eigenvalue weighted by Crippen LogP contribution is -1.88. The van der Waals surface area contributed by atoms with Crippen molar-refractivity contribution < 1.29 is 0 Å². The number of hydrogen-bond acceptors (Lipinski definition) is 2. The molecule has 0 aliphatic carbocycles. The van der Waals surface area contributed by atoms with Crippen molar-refractivity contribution in [2.75, 3.05) is 5.33 Å². The smallest absolute Gasteiger partial charge is 0.0889 e. The van der Waals surface area contributed by atoms with Gasteiger partial charge in [-0.1, -0.05) is 22.0 Å². The van der Waals surface area contributed by atoms with Gasteiger partial charge in [0.05, 0.1) is 11.0 Å². The topological polar surface area (TPSA) is 25.8 Å². The molecule has 0 bridgehead atoms. The molecule has 0 unspecified atom stereocenters. The molecule has 1 aromatic carbocycles. The third-order valence-corrected chi connectivity index (χ3v) is 2.69. The lowest BCUT2D eigenvalue weighted by molar-refractivity contribution is 0.940. The van der Waals surface area contributed by atoms with Crippen LogP contribution in [0.25, 0.3) is 11.0 Å². The first-order valence-corrected chi connectivity index (χ1v) is 5.78. The molecule has 0 amide bonds. The second-order valence-electron chi connectivity index (χ2n) is 3.17. The Kier molecular flexibility index (Phi) is 5.19. The van der Waals surface area contributed by atoms with Gasteiger partial charge in [0.25, 0.3) is 0 Å². The van der Waals surface area contributed by atoms with Gasteiger partial charge in [-0.3, -0.25) is 9.97 Å². The Morgan fingerprint density at radius 1 is 1.07 bits per heavy atom. The average Bonchev–Trinajstić information content (AvgIpc) is 2.26. The zero-order chi connectivity index (χ0) is 9.80. The maximum Gasteiger partial charge on any atom is 0.0889 e. The highest BCUT2D eigenvalue weighted by Crippen LogP contribution is 2.12. The van der Waals surface area contributed by atoms with E-state index in [0.29, 0.717) is 0 Å². The van der Waals surface area contributed by atoms with Crippen LogP contribution in [0.2, 0.25) is 0 Å². The third kappa shape index (κ3) is 3.24. The first-order chi connectivity index (χ1) is 6.90. The third-order valence-electron chi connectivity index (χ3n) is 2.13. The lowest BCUT2D eigenvalue weighted by atomic mass is 10.1. The fourth-order valence-corrected chi connectivity index (χ4v) is 1.72. The van der Waals surface area contributed by atoms with E-state index < -0.39 is 0 Å². The van der Waals surface area contributed by atoms with Crippen molar-refractivity contribution in [3.8, 4) is 0 Å². The van der Waals surface area contributed by atoms with E-state index in [4.69, 9.17) is 0 Å². The predicted molar refractivity (Wildman–Crippen MR) is 72.0 cm³/mol. The van der Waals surface area contributed by atoms with E-state index in [1.807, 2.05) is 6.07 Å². The Bertz CT molecular complexity index is 432. The minimum Gasteiger partial charge on any atom is -0.253 e. The van der Waals surface area contributed by atoms with Gasteiger partial charge in [0, 0.05) is 17.7 Å². The van der Waals surface area contributed by atoms with Gasteiger partial charge < -0.3 is 0 Å². The maximum atomic E-state index is 4.28. The molecular formula is C11H12Br2N2. The summed E-state index contributed by atoms with van der Waals surface area (Å²) in [7, 11) is 0. The number of alkyl halides is 1. The molecular weight excluding hydrogens is 320 g/mol. The summed E-state index contributed by atoms with van der Waals surface area (Å²) in [5.41, 5.74) is 3.28. The van der Waals surface area contributed by atoms with Crippen LogP contribution in [0.3, 0.4) is 0 Å². The van der Waals surface area contributed by atoms with Gasteiger partial charge in [-0.05, 0) is 30.5 Å². The average molecular weight is 332 g/mol. The second-order valence-corrected chi connectivity index (χ2v) is 3.96. The molecule has 0 aliphatic heterocycles. The second kappa shape index (κ2) is 6.18. The molecule has 0 fully saturated rings. The summed E-state index contributed by atoms with van der Waals surface area (Å²) in [6.07, 6.45) is 5.71. The Morgan fingerprint density at radius 3 is 2.53 bits per heavy atom. The SMILES string of the molecule is Br.BrCCCc1ccc2nccnc2c1. The van der Waals surface area contributed by atoms with Crippen LogP contribution < -0.4 is 0 Å². The van der Waals surface area contributed by atoms with Crippen molar-refractivity contribution in [2.24, 2.45) is 0 Å². The minimum absolute atomic E-state index is 0. The molecule has 2 aromatic rings. The van der Waals surface area contributed by atoms with Gasteiger partial charge in [-0.25, -0.2) is 0 Å². The van der Waals surface area contributed by atoms with Gasteiger partial charge in [0.2, 0.25) is 0 Å². The molecule has 4 heteroatoms. The molecule has 2 rings (SSSR count). The van der Waals surface area contributed by atoms with E-state index >= 15 is 0 Å². The highest BCUT2D eigenvalue weighted by Gasteiger charge is 1.97. The van der Waals surface area contributed by atoms with Crippen molar-refractivity contribution >= 4 is 43.9 Å². The molecule has 1 aromatic heterocycles. The highest BCUT2D eigenvalue weighted by atomic mass is 79.9. The van der Waals surface area contributed by atoms with Gasteiger partial charge >= 0.3 is 0 Å². The number of aryl methyl sites for hydroxylation is 1. The van der Waals surface area contributed by atoms with Gasteiger partial charge in [-0.15, -0.1) is 17.0 Å². The maximum absolute atomic E-state index is 4.28. The minimum atomic E-state index is 0. The van der Waals surface area contributed by atoms with Crippen molar-refractivity contribution in [3.63, 3.8) is 0 Å². The van der Waals surface area contributed by atoms with Crippen LogP contribution in [0.4, 0.5) is 0 Å². The molecule has 2 nitrogen and oxygen atoms in total. The summed E-state index contributed by atoms with van der Waals surface area (Å²) in [6.45, 7) is 0. The first-order valence-electron chi connectivity index (χ1n) is 4.66. The summed E-state index contributed by atoms with van der Waals surface area (Å²) in [5.74, 6) is 0. The molecule has 0 radical (unpaired) electrons. The Labute approximate surface area is 108 Å². The van der Waals surface area contributed by atoms with Gasteiger partial charge in [0.15, 0.2) is 0 Å². The molecule has 0 atom stereocenters. The van der Waals surface area contributed by atoms with Crippen LogP contribution in [-0.2, 0) is 6.42 Å². The molecule has 0 aliphatic rings. The Morgan fingerprint density at radius 2 is 1.80 bits per heavy atom.